The second kappa shape index (κ2) is 5.35. The average molecular weight is 204 g/mol. The molecule has 1 aromatic rings. The van der Waals surface area contributed by atoms with Gasteiger partial charge in [-0.25, -0.2) is 0 Å². The molecule has 1 aromatic carbocycles. The molecule has 15 heavy (non-hydrogen) atoms. The zero-order valence-electron chi connectivity index (χ0n) is 8.94. The van der Waals surface area contributed by atoms with Crippen LogP contribution in [0.3, 0.4) is 0 Å². The smallest absolute Gasteiger partial charge is 0.306 e. The molecule has 0 amide bonds. The van der Waals surface area contributed by atoms with Gasteiger partial charge in [-0.15, -0.1) is 6.58 Å². The SMILES string of the molecule is C=CCc1cccc(CC(C)C(=O)O)c1. The summed E-state index contributed by atoms with van der Waals surface area (Å²) in [6.45, 7) is 5.41. The fraction of sp³-hybridized carbons (Fsp3) is 0.308. The van der Waals surface area contributed by atoms with Crippen LogP contribution in [-0.2, 0) is 17.6 Å². The number of hydrogen-bond acceptors (Lipinski definition) is 1. The molecule has 0 spiro atoms. The van der Waals surface area contributed by atoms with Crippen LogP contribution in [0.2, 0.25) is 0 Å². The van der Waals surface area contributed by atoms with Crippen LogP contribution in [0.15, 0.2) is 36.9 Å². The first-order chi connectivity index (χ1) is 7.13. The molecule has 2 heteroatoms. The van der Waals surface area contributed by atoms with E-state index < -0.39 is 5.97 Å². The van der Waals surface area contributed by atoms with E-state index in [2.05, 4.69) is 6.58 Å². The molecular formula is C13H16O2. The molecule has 0 radical (unpaired) electrons. The first-order valence-electron chi connectivity index (χ1n) is 5.05. The molecule has 0 saturated carbocycles. The topological polar surface area (TPSA) is 37.3 Å². The Balaban J connectivity index is 2.72. The molecule has 1 unspecified atom stereocenters. The van der Waals surface area contributed by atoms with Crippen LogP contribution in [0, 0.1) is 5.92 Å². The third kappa shape index (κ3) is 3.58. The van der Waals surface area contributed by atoms with Gasteiger partial charge in [0.2, 0.25) is 0 Å². The van der Waals surface area contributed by atoms with E-state index in [4.69, 9.17) is 5.11 Å². The van der Waals surface area contributed by atoms with Gasteiger partial charge in [0.05, 0.1) is 5.92 Å². The van der Waals surface area contributed by atoms with Crippen molar-refractivity contribution in [2.24, 2.45) is 5.92 Å². The van der Waals surface area contributed by atoms with Crippen molar-refractivity contribution in [2.45, 2.75) is 19.8 Å². The Morgan fingerprint density at radius 2 is 2.20 bits per heavy atom. The maximum absolute atomic E-state index is 10.7. The summed E-state index contributed by atoms with van der Waals surface area (Å²) < 4.78 is 0. The number of aliphatic carboxylic acids is 1. The Hall–Kier alpha value is -1.57. The number of hydrogen-bond donors (Lipinski definition) is 1. The highest BCUT2D eigenvalue weighted by Crippen LogP contribution is 2.11. The zero-order valence-corrected chi connectivity index (χ0v) is 8.94. The van der Waals surface area contributed by atoms with E-state index in [1.807, 2.05) is 30.3 Å². The fourth-order valence-electron chi connectivity index (χ4n) is 1.49. The lowest BCUT2D eigenvalue weighted by molar-refractivity contribution is -0.141. The molecule has 80 valence electrons. The van der Waals surface area contributed by atoms with Gasteiger partial charge >= 0.3 is 5.97 Å². The number of rotatable bonds is 5. The van der Waals surface area contributed by atoms with Crippen LogP contribution in [0.5, 0.6) is 0 Å². The van der Waals surface area contributed by atoms with Crippen molar-refractivity contribution in [1.29, 1.82) is 0 Å². The minimum absolute atomic E-state index is 0.330. The van der Waals surface area contributed by atoms with Crippen molar-refractivity contribution in [2.75, 3.05) is 0 Å². The summed E-state index contributed by atoms with van der Waals surface area (Å²) in [5.41, 5.74) is 2.25. The van der Waals surface area contributed by atoms with Gasteiger partial charge in [-0.3, -0.25) is 4.79 Å². The minimum atomic E-state index is -0.746. The highest BCUT2D eigenvalue weighted by atomic mass is 16.4. The second-order valence-corrected chi connectivity index (χ2v) is 3.76. The van der Waals surface area contributed by atoms with Crippen molar-refractivity contribution in [3.63, 3.8) is 0 Å². The minimum Gasteiger partial charge on any atom is -0.481 e. The van der Waals surface area contributed by atoms with Crippen LogP contribution >= 0.6 is 0 Å². The largest absolute Gasteiger partial charge is 0.481 e. The van der Waals surface area contributed by atoms with Crippen LogP contribution < -0.4 is 0 Å². The normalized spacial score (nSPS) is 12.1. The Morgan fingerprint density at radius 3 is 2.80 bits per heavy atom. The lowest BCUT2D eigenvalue weighted by Gasteiger charge is -2.07. The van der Waals surface area contributed by atoms with E-state index in [0.717, 1.165) is 12.0 Å². The van der Waals surface area contributed by atoms with Gasteiger partial charge in [-0.05, 0) is 24.0 Å². The molecule has 1 N–H and O–H groups in total. The number of carboxylic acids is 1. The lowest BCUT2D eigenvalue weighted by atomic mass is 9.99. The molecule has 0 aliphatic heterocycles. The van der Waals surface area contributed by atoms with E-state index in [1.165, 1.54) is 5.56 Å². The molecule has 0 aliphatic carbocycles. The summed E-state index contributed by atoms with van der Waals surface area (Å²) in [5.74, 6) is -1.08. The molecule has 1 atom stereocenters. The Kier molecular flexibility index (Phi) is 4.10. The van der Waals surface area contributed by atoms with Crippen LogP contribution in [-0.4, -0.2) is 11.1 Å². The highest BCUT2D eigenvalue weighted by Gasteiger charge is 2.11. The molecular weight excluding hydrogens is 188 g/mol. The van der Waals surface area contributed by atoms with E-state index in [0.29, 0.717) is 6.42 Å². The Labute approximate surface area is 90.3 Å². The van der Waals surface area contributed by atoms with Gasteiger partial charge in [-0.1, -0.05) is 37.3 Å². The van der Waals surface area contributed by atoms with Gasteiger partial charge in [0.15, 0.2) is 0 Å². The predicted octanol–water partition coefficient (Wildman–Crippen LogP) is 2.68. The lowest BCUT2D eigenvalue weighted by Crippen LogP contribution is -2.12. The first-order valence-corrected chi connectivity index (χ1v) is 5.05. The van der Waals surface area contributed by atoms with Gasteiger partial charge in [0.25, 0.3) is 0 Å². The molecule has 0 aromatic heterocycles. The molecule has 0 heterocycles. The summed E-state index contributed by atoms with van der Waals surface area (Å²) in [5, 5.41) is 8.80. The third-order valence-electron chi connectivity index (χ3n) is 2.33. The summed E-state index contributed by atoms with van der Waals surface area (Å²) in [7, 11) is 0. The molecule has 2 nitrogen and oxygen atoms in total. The highest BCUT2D eigenvalue weighted by molar-refractivity contribution is 5.69. The molecule has 0 bridgehead atoms. The second-order valence-electron chi connectivity index (χ2n) is 3.76. The summed E-state index contributed by atoms with van der Waals surface area (Å²) in [6, 6.07) is 7.99. The van der Waals surface area contributed by atoms with Crippen molar-refractivity contribution < 1.29 is 9.90 Å². The standard InChI is InChI=1S/C13H16O2/c1-3-5-11-6-4-7-12(9-11)8-10(2)13(14)15/h3-4,6-7,9-10H,1,5,8H2,2H3,(H,14,15). The monoisotopic (exact) mass is 204 g/mol. The summed E-state index contributed by atoms with van der Waals surface area (Å²) in [6.07, 6.45) is 3.26. The molecule has 0 saturated heterocycles. The van der Waals surface area contributed by atoms with Crippen molar-refractivity contribution in [1.82, 2.24) is 0 Å². The maximum atomic E-state index is 10.7. The van der Waals surface area contributed by atoms with E-state index >= 15 is 0 Å². The zero-order chi connectivity index (χ0) is 11.3. The van der Waals surface area contributed by atoms with E-state index in [-0.39, 0.29) is 5.92 Å². The maximum Gasteiger partial charge on any atom is 0.306 e. The molecule has 0 aliphatic rings. The van der Waals surface area contributed by atoms with Crippen LogP contribution in [0.25, 0.3) is 0 Å². The van der Waals surface area contributed by atoms with Gasteiger partial charge < -0.3 is 5.11 Å². The van der Waals surface area contributed by atoms with Crippen molar-refractivity contribution >= 4 is 5.97 Å². The quantitative estimate of drug-likeness (QED) is 0.749. The van der Waals surface area contributed by atoms with Gasteiger partial charge in [0.1, 0.15) is 0 Å². The third-order valence-corrected chi connectivity index (χ3v) is 2.33. The average Bonchev–Trinajstić information content (AvgIpc) is 2.18. The molecule has 1 rings (SSSR count). The van der Waals surface area contributed by atoms with E-state index in [1.54, 1.807) is 6.92 Å². The first kappa shape index (κ1) is 11.5. The molecule has 0 fully saturated rings. The number of allylic oxidation sites excluding steroid dienone is 1. The summed E-state index contributed by atoms with van der Waals surface area (Å²) >= 11 is 0. The number of benzene rings is 1. The van der Waals surface area contributed by atoms with Gasteiger partial charge in [-0.2, -0.15) is 0 Å². The predicted molar refractivity (Wildman–Crippen MR) is 60.8 cm³/mol. The van der Waals surface area contributed by atoms with Crippen LogP contribution in [0.1, 0.15) is 18.1 Å². The number of carboxylic acid groups (broad SMARTS) is 1. The number of carbonyl (C=O) groups is 1. The fourth-order valence-corrected chi connectivity index (χ4v) is 1.49. The Bertz CT molecular complexity index is 355. The van der Waals surface area contributed by atoms with Crippen molar-refractivity contribution in [3.8, 4) is 0 Å². The van der Waals surface area contributed by atoms with E-state index in [9.17, 15) is 4.79 Å². The van der Waals surface area contributed by atoms with Gasteiger partial charge in [0, 0.05) is 0 Å². The Morgan fingerprint density at radius 1 is 1.53 bits per heavy atom. The van der Waals surface area contributed by atoms with Crippen LogP contribution in [0.4, 0.5) is 0 Å². The van der Waals surface area contributed by atoms with Crippen molar-refractivity contribution in [3.05, 3.63) is 48.0 Å². The summed E-state index contributed by atoms with van der Waals surface area (Å²) in [4.78, 5) is 10.7.